The first-order valence-corrected chi connectivity index (χ1v) is 23.2. The minimum Gasteiger partial charge on any atom is -0.456 e. The maximum absolute atomic E-state index is 6.23. The van der Waals surface area contributed by atoms with Gasteiger partial charge in [0.25, 0.3) is 0 Å². The van der Waals surface area contributed by atoms with Crippen LogP contribution in [0.4, 0.5) is 0 Å². The molecule has 0 spiro atoms. The maximum atomic E-state index is 6.23. The third-order valence-electron chi connectivity index (χ3n) is 13.8. The van der Waals surface area contributed by atoms with Gasteiger partial charge >= 0.3 is 0 Å². The van der Waals surface area contributed by atoms with Crippen LogP contribution in [0, 0.1) is 0 Å². The van der Waals surface area contributed by atoms with Crippen LogP contribution in [0.1, 0.15) is 22.3 Å². The van der Waals surface area contributed by atoms with Crippen molar-refractivity contribution in [3.05, 3.63) is 277 Å². The highest BCUT2D eigenvalue weighted by Gasteiger charge is 2.46. The van der Waals surface area contributed by atoms with Gasteiger partial charge in [-0.15, -0.1) is 0 Å². The Balaban J connectivity index is 0.958. The molecule has 0 N–H and O–H groups in total. The second-order valence-corrected chi connectivity index (χ2v) is 17.7. The molecule has 0 bridgehead atoms. The van der Waals surface area contributed by atoms with E-state index < -0.39 is 5.41 Å². The first-order chi connectivity index (χ1) is 33.7. The first-order valence-electron chi connectivity index (χ1n) is 23.2. The van der Waals surface area contributed by atoms with E-state index >= 15 is 0 Å². The molecule has 0 saturated carbocycles. The van der Waals surface area contributed by atoms with Crippen molar-refractivity contribution in [2.45, 2.75) is 5.41 Å². The van der Waals surface area contributed by atoms with E-state index in [1.165, 1.54) is 33.4 Å². The molecule has 0 unspecified atom stereocenters. The summed E-state index contributed by atoms with van der Waals surface area (Å²) in [6.45, 7) is 0. The fourth-order valence-corrected chi connectivity index (χ4v) is 10.6. The largest absolute Gasteiger partial charge is 0.456 e. The molecule has 1 aliphatic rings. The van der Waals surface area contributed by atoms with Gasteiger partial charge in [0.05, 0.1) is 16.8 Å². The average Bonchev–Trinajstić information content (AvgIpc) is 3.95. The molecule has 0 amide bonds. The van der Waals surface area contributed by atoms with Crippen LogP contribution in [0.2, 0.25) is 0 Å². The number of nitrogens with zero attached hydrogens (tertiary/aromatic N) is 2. The number of hydrogen-bond donors (Lipinski definition) is 0. The molecule has 10 aromatic carbocycles. The quantitative estimate of drug-likeness (QED) is 0.153. The zero-order valence-corrected chi connectivity index (χ0v) is 37.1. The first kappa shape index (κ1) is 39.4. The molecule has 3 heteroatoms. The molecule has 3 nitrogen and oxygen atoms in total. The number of hydrogen-bond acceptors (Lipinski definition) is 3. The van der Waals surface area contributed by atoms with Crippen LogP contribution in [0.25, 0.3) is 100 Å². The molecule has 13 rings (SSSR count). The summed E-state index contributed by atoms with van der Waals surface area (Å²) >= 11 is 0. The third kappa shape index (κ3) is 6.59. The van der Waals surface area contributed by atoms with Crippen molar-refractivity contribution >= 4 is 21.9 Å². The van der Waals surface area contributed by atoms with Gasteiger partial charge in [0.15, 0.2) is 5.82 Å². The summed E-state index contributed by atoms with van der Waals surface area (Å²) in [5.74, 6) is 0.675. The summed E-state index contributed by atoms with van der Waals surface area (Å²) in [5.41, 5.74) is 20.3. The molecule has 2 aromatic heterocycles. The van der Waals surface area contributed by atoms with Crippen molar-refractivity contribution < 1.29 is 4.42 Å². The fraction of sp³-hybridized carbons (Fsp3) is 0.0154. The Hall–Kier alpha value is -8.92. The number of fused-ring (bicyclic) bond motifs is 6. The molecular weight excluding hydrogens is 825 g/mol. The highest BCUT2D eigenvalue weighted by Crippen LogP contribution is 2.56. The number of benzene rings is 10. The van der Waals surface area contributed by atoms with Crippen molar-refractivity contribution in [1.29, 1.82) is 0 Å². The molecule has 2 heterocycles. The molecule has 0 saturated heterocycles. The van der Waals surface area contributed by atoms with Crippen molar-refractivity contribution in [2.24, 2.45) is 0 Å². The van der Waals surface area contributed by atoms with E-state index in [-0.39, 0.29) is 0 Å². The van der Waals surface area contributed by atoms with Gasteiger partial charge in [0, 0.05) is 27.5 Å². The van der Waals surface area contributed by atoms with Crippen molar-refractivity contribution in [2.75, 3.05) is 0 Å². The molecule has 12 aromatic rings. The van der Waals surface area contributed by atoms with Crippen LogP contribution in [-0.2, 0) is 5.41 Å². The summed E-state index contributed by atoms with van der Waals surface area (Å²) in [5, 5.41) is 2.20. The number of para-hydroxylation sites is 1. The summed E-state index contributed by atoms with van der Waals surface area (Å²) in [4.78, 5) is 10.6. The second-order valence-electron chi connectivity index (χ2n) is 17.7. The highest BCUT2D eigenvalue weighted by atomic mass is 16.3. The van der Waals surface area contributed by atoms with Crippen LogP contribution in [0.5, 0.6) is 0 Å². The topological polar surface area (TPSA) is 38.9 Å². The summed E-state index contributed by atoms with van der Waals surface area (Å²) in [6, 6.07) is 91.3. The van der Waals surface area contributed by atoms with Gasteiger partial charge in [-0.25, -0.2) is 9.97 Å². The number of rotatable bonds is 8. The number of furan rings is 1. The Bertz CT molecular complexity index is 3800. The van der Waals surface area contributed by atoms with Crippen LogP contribution in [0.15, 0.2) is 259 Å². The molecule has 0 aliphatic heterocycles. The lowest BCUT2D eigenvalue weighted by Gasteiger charge is -2.33. The summed E-state index contributed by atoms with van der Waals surface area (Å²) < 4.78 is 6.23. The van der Waals surface area contributed by atoms with Gasteiger partial charge in [-0.1, -0.05) is 200 Å². The Kier molecular flexibility index (Phi) is 9.40. The zero-order valence-electron chi connectivity index (χ0n) is 37.1. The summed E-state index contributed by atoms with van der Waals surface area (Å²) in [7, 11) is 0. The lowest BCUT2D eigenvalue weighted by Crippen LogP contribution is -2.28. The van der Waals surface area contributed by atoms with E-state index in [1.807, 2.05) is 30.3 Å². The molecule has 0 fully saturated rings. The van der Waals surface area contributed by atoms with Crippen LogP contribution in [-0.4, -0.2) is 9.97 Å². The molecular formula is C65H42N2O. The van der Waals surface area contributed by atoms with E-state index in [9.17, 15) is 0 Å². The minimum absolute atomic E-state index is 0.446. The SMILES string of the molecule is c1ccc(-c2cc(-c3ccc4oc5ccccc5c4c3)cc(-c3cc(-c4cccc(-c5ccc6c(c5)-c5ccccc5C6(c5ccccc5)c5ccccc5)c4)nc(-c4ccccc4)n3)c2)cc1. The second kappa shape index (κ2) is 16.2. The van der Waals surface area contributed by atoms with Gasteiger partial charge in [0.1, 0.15) is 11.2 Å². The van der Waals surface area contributed by atoms with Gasteiger partial charge in [-0.05, 0) is 121 Å². The lowest BCUT2D eigenvalue weighted by atomic mass is 9.67. The van der Waals surface area contributed by atoms with E-state index in [1.54, 1.807) is 0 Å². The van der Waals surface area contributed by atoms with Gasteiger partial charge in [0.2, 0.25) is 0 Å². The summed E-state index contributed by atoms with van der Waals surface area (Å²) in [6.07, 6.45) is 0. The Labute approximate surface area is 395 Å². The highest BCUT2D eigenvalue weighted by molar-refractivity contribution is 6.06. The van der Waals surface area contributed by atoms with Gasteiger partial charge in [-0.2, -0.15) is 0 Å². The molecule has 0 radical (unpaired) electrons. The van der Waals surface area contributed by atoms with Gasteiger partial charge < -0.3 is 4.42 Å². The van der Waals surface area contributed by atoms with Crippen LogP contribution >= 0.6 is 0 Å². The molecule has 318 valence electrons. The van der Waals surface area contributed by atoms with E-state index in [2.05, 4.69) is 224 Å². The Morgan fingerprint density at radius 2 is 0.779 bits per heavy atom. The molecule has 68 heavy (non-hydrogen) atoms. The van der Waals surface area contributed by atoms with Gasteiger partial charge in [-0.3, -0.25) is 0 Å². The standard InChI is InChI=1S/C65H42N2O/c1-5-18-43(19-6-1)49-37-50(47-33-35-63-57(41-47)55-29-14-16-31-62(55)68-63)39-51(38-49)61-42-60(66-64(67-61)44-20-7-2-8-21-44)48-23-17-22-45(36-48)46-32-34-59-56(40-46)54-28-13-15-30-58(54)65(59,52-24-9-3-10-25-52)53-26-11-4-12-27-53/h1-42H. The predicted octanol–water partition coefficient (Wildman–Crippen LogP) is 16.7. The smallest absolute Gasteiger partial charge is 0.160 e. The van der Waals surface area contributed by atoms with Crippen molar-refractivity contribution in [3.63, 3.8) is 0 Å². The Morgan fingerprint density at radius 3 is 1.53 bits per heavy atom. The van der Waals surface area contributed by atoms with Crippen LogP contribution in [0.3, 0.4) is 0 Å². The number of aromatic nitrogens is 2. The van der Waals surface area contributed by atoms with Crippen molar-refractivity contribution in [1.82, 2.24) is 9.97 Å². The lowest BCUT2D eigenvalue weighted by molar-refractivity contribution is 0.669. The van der Waals surface area contributed by atoms with Crippen LogP contribution < -0.4 is 0 Å². The Morgan fingerprint density at radius 1 is 0.279 bits per heavy atom. The maximum Gasteiger partial charge on any atom is 0.160 e. The predicted molar refractivity (Wildman–Crippen MR) is 279 cm³/mol. The van der Waals surface area contributed by atoms with Crippen molar-refractivity contribution in [3.8, 4) is 78.4 Å². The average molecular weight is 867 g/mol. The monoisotopic (exact) mass is 866 g/mol. The fourth-order valence-electron chi connectivity index (χ4n) is 10.6. The molecule has 1 aliphatic carbocycles. The van der Waals surface area contributed by atoms with E-state index in [0.29, 0.717) is 5.82 Å². The van der Waals surface area contributed by atoms with E-state index in [4.69, 9.17) is 14.4 Å². The van der Waals surface area contributed by atoms with E-state index in [0.717, 1.165) is 83.4 Å². The third-order valence-corrected chi connectivity index (χ3v) is 13.8. The molecule has 0 atom stereocenters. The zero-order chi connectivity index (χ0) is 45.0. The normalized spacial score (nSPS) is 12.5. The minimum atomic E-state index is -0.446.